The molecule has 0 radical (unpaired) electrons. The molecule has 3 aromatic rings. The van der Waals surface area contributed by atoms with Gasteiger partial charge in [0, 0.05) is 17.8 Å². The van der Waals surface area contributed by atoms with Crippen molar-refractivity contribution >= 4 is 5.78 Å². The van der Waals surface area contributed by atoms with Gasteiger partial charge in [0.15, 0.2) is 5.78 Å². The lowest BCUT2D eigenvalue weighted by molar-refractivity contribution is 0.0970. The summed E-state index contributed by atoms with van der Waals surface area (Å²) in [5.41, 5.74) is 4.12. The van der Waals surface area contributed by atoms with Crippen molar-refractivity contribution in [3.8, 4) is 5.75 Å². The van der Waals surface area contributed by atoms with Gasteiger partial charge in [-0.25, -0.2) is 0 Å². The van der Waals surface area contributed by atoms with Crippen molar-refractivity contribution in [3.63, 3.8) is 0 Å². The zero-order chi connectivity index (χ0) is 20.1. The molecule has 0 spiro atoms. The maximum atomic E-state index is 12.7. The number of carbonyl (C=O) groups is 1. The van der Waals surface area contributed by atoms with Gasteiger partial charge < -0.3 is 9.30 Å². The predicted octanol–water partition coefficient (Wildman–Crippen LogP) is 4.58. The van der Waals surface area contributed by atoms with Crippen LogP contribution in [0.25, 0.3) is 0 Å². The fourth-order valence-electron chi connectivity index (χ4n) is 3.78. The number of aromatic nitrogens is 1. The number of pyridine rings is 1. The van der Waals surface area contributed by atoms with Gasteiger partial charge in [0.1, 0.15) is 12.4 Å². The minimum Gasteiger partial charge on any atom is -0.489 e. The van der Waals surface area contributed by atoms with E-state index in [-0.39, 0.29) is 17.9 Å². The first-order valence-corrected chi connectivity index (χ1v) is 10.2. The van der Waals surface area contributed by atoms with Crippen LogP contribution in [0.1, 0.15) is 46.3 Å². The molecule has 0 bridgehead atoms. The van der Waals surface area contributed by atoms with E-state index in [0.29, 0.717) is 17.9 Å². The number of ether oxygens (including phenoxy) is 1. The van der Waals surface area contributed by atoms with Crippen LogP contribution in [0.3, 0.4) is 0 Å². The number of benzene rings is 2. The molecule has 29 heavy (non-hydrogen) atoms. The molecule has 4 heteroatoms. The van der Waals surface area contributed by atoms with Crippen LogP contribution in [-0.2, 0) is 26.0 Å². The van der Waals surface area contributed by atoms with Gasteiger partial charge in [-0.05, 0) is 54.5 Å². The van der Waals surface area contributed by atoms with E-state index in [1.54, 1.807) is 12.3 Å². The van der Waals surface area contributed by atoms with Crippen molar-refractivity contribution in [3.05, 3.63) is 99.5 Å². The molecule has 0 amide bonds. The predicted molar refractivity (Wildman–Crippen MR) is 114 cm³/mol. The Labute approximate surface area is 170 Å². The Kier molecular flexibility index (Phi) is 5.89. The Balaban J connectivity index is 1.43. The maximum absolute atomic E-state index is 12.7. The topological polar surface area (TPSA) is 48.3 Å². The SMILES string of the molecule is O=C(Cn1ccc(OCc2ccccc2)cc1=O)c1ccc2c(c1)CCCCC2. The molecule has 0 unspecified atom stereocenters. The van der Waals surface area contributed by atoms with Gasteiger partial charge in [-0.3, -0.25) is 9.59 Å². The molecule has 0 aliphatic heterocycles. The van der Waals surface area contributed by atoms with E-state index in [1.807, 2.05) is 42.5 Å². The van der Waals surface area contributed by atoms with Crippen LogP contribution in [0, 0.1) is 0 Å². The molecule has 1 aromatic heterocycles. The zero-order valence-corrected chi connectivity index (χ0v) is 16.5. The molecule has 4 nitrogen and oxygen atoms in total. The minimum absolute atomic E-state index is 0.0383. The average Bonchev–Trinajstić information content (AvgIpc) is 2.99. The van der Waals surface area contributed by atoms with Crippen LogP contribution in [0.15, 0.2) is 71.7 Å². The maximum Gasteiger partial charge on any atom is 0.254 e. The highest BCUT2D eigenvalue weighted by Crippen LogP contribution is 2.22. The Hall–Kier alpha value is -3.14. The van der Waals surface area contributed by atoms with Crippen molar-refractivity contribution in [1.82, 2.24) is 4.57 Å². The first kappa shape index (κ1) is 19.2. The minimum atomic E-state index is -0.237. The first-order chi connectivity index (χ1) is 14.2. The number of hydrogen-bond acceptors (Lipinski definition) is 3. The lowest BCUT2D eigenvalue weighted by Crippen LogP contribution is -2.23. The van der Waals surface area contributed by atoms with E-state index in [2.05, 4.69) is 6.07 Å². The molecule has 1 heterocycles. The molecule has 0 N–H and O–H groups in total. The normalized spacial score (nSPS) is 13.4. The highest BCUT2D eigenvalue weighted by atomic mass is 16.5. The number of nitrogens with zero attached hydrogens (tertiary/aromatic N) is 1. The summed E-state index contributed by atoms with van der Waals surface area (Å²) < 4.78 is 7.13. The summed E-state index contributed by atoms with van der Waals surface area (Å²) in [6.45, 7) is 0.439. The molecule has 1 aliphatic carbocycles. The number of rotatable bonds is 6. The molecule has 0 saturated carbocycles. The monoisotopic (exact) mass is 387 g/mol. The second kappa shape index (κ2) is 8.91. The fraction of sp³-hybridized carbons (Fsp3) is 0.280. The molecule has 0 fully saturated rings. The summed E-state index contributed by atoms with van der Waals surface area (Å²) >= 11 is 0. The fourth-order valence-corrected chi connectivity index (χ4v) is 3.78. The summed E-state index contributed by atoms with van der Waals surface area (Å²) in [4.78, 5) is 25.2. The number of hydrogen-bond donors (Lipinski definition) is 0. The number of aryl methyl sites for hydroxylation is 2. The third-order valence-electron chi connectivity index (χ3n) is 5.45. The number of Topliss-reactive ketones (excluding diaryl/α,β-unsaturated/α-hetero) is 1. The van der Waals surface area contributed by atoms with Gasteiger partial charge in [-0.2, -0.15) is 0 Å². The highest BCUT2D eigenvalue weighted by molar-refractivity contribution is 5.96. The molecular weight excluding hydrogens is 362 g/mol. The third kappa shape index (κ3) is 4.83. The second-order valence-corrected chi connectivity index (χ2v) is 7.57. The van der Waals surface area contributed by atoms with E-state index in [9.17, 15) is 9.59 Å². The van der Waals surface area contributed by atoms with Crippen LogP contribution < -0.4 is 10.3 Å². The van der Waals surface area contributed by atoms with E-state index < -0.39 is 0 Å². The van der Waals surface area contributed by atoms with E-state index in [4.69, 9.17) is 4.74 Å². The van der Waals surface area contributed by atoms with E-state index in [1.165, 1.54) is 41.0 Å². The van der Waals surface area contributed by atoms with E-state index in [0.717, 1.165) is 18.4 Å². The van der Waals surface area contributed by atoms with Gasteiger partial charge in [-0.15, -0.1) is 0 Å². The molecule has 2 aromatic carbocycles. The molecule has 148 valence electrons. The molecule has 0 saturated heterocycles. The molecule has 4 rings (SSSR count). The van der Waals surface area contributed by atoms with Crippen LogP contribution in [-0.4, -0.2) is 10.4 Å². The lowest BCUT2D eigenvalue weighted by atomic mass is 9.98. The molecular formula is C25H25NO3. The Morgan fingerprint density at radius 2 is 1.69 bits per heavy atom. The smallest absolute Gasteiger partial charge is 0.254 e. The summed E-state index contributed by atoms with van der Waals surface area (Å²) in [5.74, 6) is 0.463. The van der Waals surface area contributed by atoms with Crippen molar-refractivity contribution < 1.29 is 9.53 Å². The van der Waals surface area contributed by atoms with Gasteiger partial charge in [0.05, 0.1) is 6.54 Å². The third-order valence-corrected chi connectivity index (χ3v) is 5.45. The van der Waals surface area contributed by atoms with Crippen LogP contribution >= 0.6 is 0 Å². The Bertz CT molecular complexity index is 1050. The van der Waals surface area contributed by atoms with Crippen molar-refractivity contribution in [2.24, 2.45) is 0 Å². The molecule has 1 aliphatic rings. The Morgan fingerprint density at radius 1 is 0.897 bits per heavy atom. The van der Waals surface area contributed by atoms with Gasteiger partial charge in [-0.1, -0.05) is 48.9 Å². The van der Waals surface area contributed by atoms with Gasteiger partial charge in [0.2, 0.25) is 0 Å². The van der Waals surface area contributed by atoms with Crippen molar-refractivity contribution in [2.45, 2.75) is 45.3 Å². The average molecular weight is 387 g/mol. The van der Waals surface area contributed by atoms with Crippen molar-refractivity contribution in [1.29, 1.82) is 0 Å². The largest absolute Gasteiger partial charge is 0.489 e. The summed E-state index contributed by atoms with van der Waals surface area (Å²) in [7, 11) is 0. The van der Waals surface area contributed by atoms with Gasteiger partial charge in [0.25, 0.3) is 5.56 Å². The van der Waals surface area contributed by atoms with Crippen molar-refractivity contribution in [2.75, 3.05) is 0 Å². The van der Waals surface area contributed by atoms with Crippen LogP contribution in [0.4, 0.5) is 0 Å². The zero-order valence-electron chi connectivity index (χ0n) is 16.5. The second-order valence-electron chi connectivity index (χ2n) is 7.57. The number of ketones is 1. The highest BCUT2D eigenvalue weighted by Gasteiger charge is 2.13. The van der Waals surface area contributed by atoms with Crippen LogP contribution in [0.2, 0.25) is 0 Å². The lowest BCUT2D eigenvalue weighted by Gasteiger charge is -2.10. The standard InChI is InChI=1S/C25H25NO3/c27-24(22-12-11-20-9-5-2-6-10-21(20)15-22)17-26-14-13-23(16-25(26)28)29-18-19-7-3-1-4-8-19/h1,3-4,7-8,11-16H,2,5-6,9-10,17-18H2. The summed E-state index contributed by atoms with van der Waals surface area (Å²) in [6, 6.07) is 19.0. The summed E-state index contributed by atoms with van der Waals surface area (Å²) in [5, 5.41) is 0. The van der Waals surface area contributed by atoms with Crippen LogP contribution in [0.5, 0.6) is 5.75 Å². The quantitative estimate of drug-likeness (QED) is 0.459. The first-order valence-electron chi connectivity index (χ1n) is 10.2. The molecule has 0 atom stereocenters. The Morgan fingerprint density at radius 3 is 2.48 bits per heavy atom. The summed E-state index contributed by atoms with van der Waals surface area (Å²) in [6.07, 6.45) is 7.39. The van der Waals surface area contributed by atoms with E-state index >= 15 is 0 Å². The van der Waals surface area contributed by atoms with Gasteiger partial charge >= 0.3 is 0 Å². The number of fused-ring (bicyclic) bond motifs is 1. The number of carbonyl (C=O) groups excluding carboxylic acids is 1.